The summed E-state index contributed by atoms with van der Waals surface area (Å²) in [7, 11) is 0. The van der Waals surface area contributed by atoms with Crippen LogP contribution in [0.1, 0.15) is 41.1 Å². The van der Waals surface area contributed by atoms with Crippen molar-refractivity contribution in [3.63, 3.8) is 0 Å². The molecule has 1 atom stereocenters. The van der Waals surface area contributed by atoms with Crippen LogP contribution in [0.2, 0.25) is 0 Å². The van der Waals surface area contributed by atoms with Crippen LogP contribution in [-0.2, 0) is 10.2 Å². The molecule has 20 heavy (non-hydrogen) atoms. The number of anilines is 1. The second-order valence-electron chi connectivity index (χ2n) is 5.74. The lowest BCUT2D eigenvalue weighted by Gasteiger charge is -2.17. The van der Waals surface area contributed by atoms with Crippen LogP contribution in [-0.4, -0.2) is 5.91 Å². The lowest BCUT2D eigenvalue weighted by Crippen LogP contribution is -2.26. The third-order valence-corrected chi connectivity index (χ3v) is 4.93. The van der Waals surface area contributed by atoms with Crippen LogP contribution in [0.25, 0.3) is 0 Å². The maximum atomic E-state index is 12.0. The normalized spacial score (nSPS) is 17.7. The number of hydrogen-bond acceptors (Lipinski definition) is 2. The standard InChI is InChI=1S/C16H16BrNO2/c1-9-6-11(8-20-9)14(17)10-4-5-13-12(7-10)16(2,3)15(19)18-13/h4-8,14H,1-3H3,(H,18,19). The van der Waals surface area contributed by atoms with E-state index in [0.29, 0.717) is 0 Å². The number of aryl methyl sites for hydroxylation is 1. The van der Waals surface area contributed by atoms with Gasteiger partial charge in [-0.25, -0.2) is 0 Å². The summed E-state index contributed by atoms with van der Waals surface area (Å²) >= 11 is 3.70. The number of furan rings is 1. The smallest absolute Gasteiger partial charge is 0.234 e. The van der Waals surface area contributed by atoms with Crippen LogP contribution in [0.3, 0.4) is 0 Å². The second-order valence-corrected chi connectivity index (χ2v) is 6.65. The van der Waals surface area contributed by atoms with Gasteiger partial charge in [-0.2, -0.15) is 0 Å². The molecule has 1 aromatic carbocycles. The molecule has 2 aromatic rings. The van der Waals surface area contributed by atoms with Gasteiger partial charge in [0, 0.05) is 11.3 Å². The van der Waals surface area contributed by atoms with Crippen LogP contribution in [0.4, 0.5) is 5.69 Å². The summed E-state index contributed by atoms with van der Waals surface area (Å²) in [6.45, 7) is 5.82. The molecule has 1 N–H and O–H groups in total. The van der Waals surface area contributed by atoms with Crippen LogP contribution < -0.4 is 5.32 Å². The molecule has 104 valence electrons. The lowest BCUT2D eigenvalue weighted by molar-refractivity contribution is -0.119. The zero-order valence-electron chi connectivity index (χ0n) is 11.7. The molecule has 1 amide bonds. The van der Waals surface area contributed by atoms with Gasteiger partial charge in [-0.1, -0.05) is 28.1 Å². The van der Waals surface area contributed by atoms with Crippen molar-refractivity contribution < 1.29 is 9.21 Å². The molecule has 0 bridgehead atoms. The van der Waals surface area contributed by atoms with Crippen LogP contribution >= 0.6 is 15.9 Å². The van der Waals surface area contributed by atoms with Crippen molar-refractivity contribution in [1.29, 1.82) is 0 Å². The Balaban J connectivity index is 2.02. The van der Waals surface area contributed by atoms with Crippen molar-refractivity contribution in [3.05, 3.63) is 53.0 Å². The Bertz CT molecular complexity index is 688. The maximum Gasteiger partial charge on any atom is 0.234 e. The van der Waals surface area contributed by atoms with Crippen LogP contribution in [0.15, 0.2) is 34.9 Å². The number of rotatable bonds is 2. The number of nitrogens with one attached hydrogen (secondary N) is 1. The molecular formula is C16H16BrNO2. The molecule has 2 heterocycles. The van der Waals surface area contributed by atoms with E-state index in [9.17, 15) is 4.79 Å². The highest BCUT2D eigenvalue weighted by Gasteiger charge is 2.38. The van der Waals surface area contributed by atoms with Crippen molar-refractivity contribution >= 4 is 27.5 Å². The predicted octanol–water partition coefficient (Wildman–Crippen LogP) is 4.30. The van der Waals surface area contributed by atoms with Crippen molar-refractivity contribution in [2.24, 2.45) is 0 Å². The number of hydrogen-bond donors (Lipinski definition) is 1. The number of fused-ring (bicyclic) bond motifs is 1. The molecule has 1 aliphatic heterocycles. The zero-order chi connectivity index (χ0) is 14.5. The molecule has 0 spiro atoms. The van der Waals surface area contributed by atoms with Gasteiger partial charge in [0.05, 0.1) is 16.5 Å². The first-order valence-corrected chi connectivity index (χ1v) is 7.46. The number of amides is 1. The second kappa shape index (κ2) is 4.48. The van der Waals surface area contributed by atoms with E-state index in [4.69, 9.17) is 4.42 Å². The average Bonchev–Trinajstić information content (AvgIpc) is 2.92. The van der Waals surface area contributed by atoms with Gasteiger partial charge >= 0.3 is 0 Å². The first-order valence-electron chi connectivity index (χ1n) is 6.54. The zero-order valence-corrected chi connectivity index (χ0v) is 13.2. The summed E-state index contributed by atoms with van der Waals surface area (Å²) in [6.07, 6.45) is 1.76. The van der Waals surface area contributed by atoms with E-state index in [1.165, 1.54) is 0 Å². The summed E-state index contributed by atoms with van der Waals surface area (Å²) in [5.74, 6) is 0.942. The van der Waals surface area contributed by atoms with Crippen molar-refractivity contribution in [2.75, 3.05) is 5.32 Å². The number of halogens is 1. The minimum Gasteiger partial charge on any atom is -0.469 e. The van der Waals surface area contributed by atoms with E-state index in [1.54, 1.807) is 6.26 Å². The monoisotopic (exact) mass is 333 g/mol. The highest BCUT2D eigenvalue weighted by Crippen LogP contribution is 2.41. The van der Waals surface area contributed by atoms with Gasteiger partial charge in [0.1, 0.15) is 5.76 Å². The van der Waals surface area contributed by atoms with Gasteiger partial charge in [-0.15, -0.1) is 0 Å². The molecule has 1 unspecified atom stereocenters. The van der Waals surface area contributed by atoms with Gasteiger partial charge in [-0.3, -0.25) is 4.79 Å². The quantitative estimate of drug-likeness (QED) is 0.832. The number of carbonyl (C=O) groups excluding carboxylic acids is 1. The van der Waals surface area contributed by atoms with Gasteiger partial charge in [0.15, 0.2) is 0 Å². The third-order valence-electron chi connectivity index (χ3n) is 3.87. The first kappa shape index (κ1) is 13.4. The molecule has 0 fully saturated rings. The van der Waals surface area contributed by atoms with Gasteiger partial charge in [0.25, 0.3) is 0 Å². The van der Waals surface area contributed by atoms with Crippen molar-refractivity contribution in [2.45, 2.75) is 31.0 Å². The molecule has 0 saturated heterocycles. The summed E-state index contributed by atoms with van der Waals surface area (Å²) in [5, 5.41) is 2.92. The highest BCUT2D eigenvalue weighted by atomic mass is 79.9. The molecule has 3 nitrogen and oxygen atoms in total. The predicted molar refractivity (Wildman–Crippen MR) is 82.3 cm³/mol. The van der Waals surface area contributed by atoms with Crippen molar-refractivity contribution in [1.82, 2.24) is 0 Å². The number of carbonyl (C=O) groups is 1. The van der Waals surface area contributed by atoms with E-state index in [0.717, 1.165) is 28.1 Å². The molecular weight excluding hydrogens is 318 g/mol. The fraction of sp³-hybridized carbons (Fsp3) is 0.312. The summed E-state index contributed by atoms with van der Waals surface area (Å²) in [6, 6.07) is 8.11. The fourth-order valence-corrected chi connectivity index (χ4v) is 3.06. The number of benzene rings is 1. The molecule has 0 radical (unpaired) electrons. The van der Waals surface area contributed by atoms with E-state index in [1.807, 2.05) is 39.0 Å². The third kappa shape index (κ3) is 1.99. The van der Waals surface area contributed by atoms with Gasteiger partial charge in [0.2, 0.25) is 5.91 Å². The van der Waals surface area contributed by atoms with E-state index >= 15 is 0 Å². The van der Waals surface area contributed by atoms with E-state index < -0.39 is 5.41 Å². The SMILES string of the molecule is Cc1cc(C(Br)c2ccc3c(c2)C(C)(C)C(=O)N3)co1. The Morgan fingerprint density at radius 2 is 2.00 bits per heavy atom. The van der Waals surface area contributed by atoms with Crippen molar-refractivity contribution in [3.8, 4) is 0 Å². The molecule has 0 aliphatic carbocycles. The van der Waals surface area contributed by atoms with Gasteiger partial charge < -0.3 is 9.73 Å². The maximum absolute atomic E-state index is 12.0. The molecule has 1 aliphatic rings. The Morgan fingerprint density at radius 1 is 1.25 bits per heavy atom. The Kier molecular flexibility index (Phi) is 3.01. The molecule has 4 heteroatoms. The van der Waals surface area contributed by atoms with E-state index in [-0.39, 0.29) is 10.7 Å². The minimum atomic E-state index is -0.482. The molecule has 1 aromatic heterocycles. The van der Waals surface area contributed by atoms with E-state index in [2.05, 4.69) is 27.3 Å². The largest absolute Gasteiger partial charge is 0.469 e. The lowest BCUT2D eigenvalue weighted by atomic mass is 9.85. The first-order chi connectivity index (χ1) is 9.39. The molecule has 3 rings (SSSR count). The Hall–Kier alpha value is -1.55. The molecule has 0 saturated carbocycles. The van der Waals surface area contributed by atoms with Gasteiger partial charge in [-0.05, 0) is 44.0 Å². The minimum absolute atomic E-state index is 0.0509. The van der Waals surface area contributed by atoms with Crippen LogP contribution in [0.5, 0.6) is 0 Å². The summed E-state index contributed by atoms with van der Waals surface area (Å²) < 4.78 is 5.36. The summed E-state index contributed by atoms with van der Waals surface area (Å²) in [5.41, 5.74) is 3.67. The Labute approximate surface area is 126 Å². The number of alkyl halides is 1. The fourth-order valence-electron chi connectivity index (χ4n) is 2.54. The topological polar surface area (TPSA) is 42.2 Å². The van der Waals surface area contributed by atoms with Crippen LogP contribution in [0, 0.1) is 6.92 Å². The Morgan fingerprint density at radius 3 is 2.65 bits per heavy atom. The highest BCUT2D eigenvalue weighted by molar-refractivity contribution is 9.09. The average molecular weight is 334 g/mol. The summed E-state index contributed by atoms with van der Waals surface area (Å²) in [4.78, 5) is 12.0.